The number of allylic oxidation sites excluding steroid dienone is 1. The summed E-state index contributed by atoms with van der Waals surface area (Å²) in [6.07, 6.45) is 3.67. The first-order chi connectivity index (χ1) is 6.68. The topological polar surface area (TPSA) is 53.7 Å². The molecular weight excluding hydrogens is 198 g/mol. The zero-order valence-corrected chi connectivity index (χ0v) is 10.1. The van der Waals surface area contributed by atoms with Crippen LogP contribution in [0.1, 0.15) is 26.7 Å². The predicted octanol–water partition coefficient (Wildman–Crippen LogP) is 1.44. The summed E-state index contributed by atoms with van der Waals surface area (Å²) in [5, 5.41) is 5.85. The first-order valence-electron chi connectivity index (χ1n) is 5.00. The van der Waals surface area contributed by atoms with Gasteiger partial charge in [-0.25, -0.2) is 0 Å². The fraction of sp³-hybridized carbons (Fsp3) is 0.778. The lowest BCUT2D eigenvalue weighted by molar-refractivity contribution is 0.0673. The van der Waals surface area contributed by atoms with E-state index in [9.17, 15) is 0 Å². The second-order valence-electron chi connectivity index (χ2n) is 2.75. The van der Waals surface area contributed by atoms with Crippen molar-refractivity contribution < 1.29 is 13.3 Å². The molecule has 0 radical (unpaired) electrons. The lowest BCUT2D eigenvalue weighted by Gasteiger charge is -2.23. The zero-order chi connectivity index (χ0) is 10.9. The highest BCUT2D eigenvalue weighted by atomic mass is 28.4. The Morgan fingerprint density at radius 3 is 2.21 bits per heavy atom. The molecule has 0 heterocycles. The lowest BCUT2D eigenvalue weighted by Crippen LogP contribution is -2.55. The van der Waals surface area contributed by atoms with Crippen LogP contribution >= 0.6 is 0 Å². The standard InChI is InChI=1S/C9H21NO3Si/c1-4-7-8-9-13-14(10,11-5-2)12-6-3/h4H,1,5-10H2,2-3H3. The maximum Gasteiger partial charge on any atom is 0.594 e. The summed E-state index contributed by atoms with van der Waals surface area (Å²) in [7, 11) is -2.83. The summed E-state index contributed by atoms with van der Waals surface area (Å²) in [5.74, 6) is 0. The lowest BCUT2D eigenvalue weighted by atomic mass is 10.3. The van der Waals surface area contributed by atoms with Crippen molar-refractivity contribution in [1.82, 2.24) is 0 Å². The summed E-state index contributed by atoms with van der Waals surface area (Å²) in [5.41, 5.74) is 0. The van der Waals surface area contributed by atoms with Crippen LogP contribution in [-0.4, -0.2) is 28.8 Å². The average molecular weight is 219 g/mol. The summed E-state index contributed by atoms with van der Waals surface area (Å²) < 4.78 is 16.0. The van der Waals surface area contributed by atoms with Crippen molar-refractivity contribution in [2.45, 2.75) is 26.7 Å². The number of hydrogen-bond donors (Lipinski definition) is 1. The number of hydrogen-bond acceptors (Lipinski definition) is 4. The van der Waals surface area contributed by atoms with Crippen molar-refractivity contribution in [1.29, 1.82) is 0 Å². The predicted molar refractivity (Wildman–Crippen MR) is 58.6 cm³/mol. The molecule has 0 saturated carbocycles. The summed E-state index contributed by atoms with van der Waals surface area (Å²) in [6.45, 7) is 8.98. The maximum atomic E-state index is 5.85. The third kappa shape index (κ3) is 6.28. The van der Waals surface area contributed by atoms with Gasteiger partial charge in [-0.2, -0.15) is 0 Å². The average Bonchev–Trinajstić information content (AvgIpc) is 2.13. The summed E-state index contributed by atoms with van der Waals surface area (Å²) in [4.78, 5) is 0. The molecule has 0 unspecified atom stereocenters. The molecule has 4 nitrogen and oxygen atoms in total. The van der Waals surface area contributed by atoms with E-state index in [1.165, 1.54) is 0 Å². The Hall–Kier alpha value is -0.203. The van der Waals surface area contributed by atoms with Gasteiger partial charge >= 0.3 is 8.97 Å². The molecule has 0 aliphatic rings. The molecule has 0 atom stereocenters. The Labute approximate surface area is 87.5 Å². The zero-order valence-electron chi connectivity index (χ0n) is 9.12. The highest BCUT2D eigenvalue weighted by Crippen LogP contribution is 2.03. The molecule has 0 aromatic heterocycles. The highest BCUT2D eigenvalue weighted by Gasteiger charge is 2.36. The molecule has 0 bridgehead atoms. The van der Waals surface area contributed by atoms with Gasteiger partial charge in [0, 0.05) is 19.8 Å². The van der Waals surface area contributed by atoms with Gasteiger partial charge in [0.2, 0.25) is 0 Å². The fourth-order valence-electron chi connectivity index (χ4n) is 0.969. The Kier molecular flexibility index (Phi) is 8.02. The van der Waals surface area contributed by atoms with Gasteiger partial charge in [0.15, 0.2) is 0 Å². The van der Waals surface area contributed by atoms with E-state index in [4.69, 9.17) is 18.7 Å². The van der Waals surface area contributed by atoms with Crippen LogP contribution in [0, 0.1) is 0 Å². The summed E-state index contributed by atoms with van der Waals surface area (Å²) in [6, 6.07) is 0. The van der Waals surface area contributed by atoms with Crippen LogP contribution < -0.4 is 5.40 Å². The van der Waals surface area contributed by atoms with E-state index in [2.05, 4.69) is 6.58 Å². The highest BCUT2D eigenvalue weighted by molar-refractivity contribution is 6.56. The monoisotopic (exact) mass is 219 g/mol. The van der Waals surface area contributed by atoms with Crippen LogP contribution in [0.4, 0.5) is 0 Å². The van der Waals surface area contributed by atoms with Crippen molar-refractivity contribution in [3.63, 3.8) is 0 Å². The molecule has 0 amide bonds. The van der Waals surface area contributed by atoms with E-state index in [-0.39, 0.29) is 0 Å². The molecule has 84 valence electrons. The maximum absolute atomic E-state index is 5.85. The third-order valence-electron chi connectivity index (χ3n) is 1.55. The van der Waals surface area contributed by atoms with Crippen LogP contribution in [0.15, 0.2) is 12.7 Å². The van der Waals surface area contributed by atoms with Crippen molar-refractivity contribution in [2.24, 2.45) is 5.40 Å². The largest absolute Gasteiger partial charge is 0.594 e. The molecule has 0 aliphatic carbocycles. The van der Waals surface area contributed by atoms with Crippen LogP contribution in [-0.2, 0) is 13.3 Å². The normalized spacial score (nSPS) is 11.6. The Morgan fingerprint density at radius 1 is 1.21 bits per heavy atom. The molecule has 0 aromatic rings. The third-order valence-corrected chi connectivity index (χ3v) is 3.54. The van der Waals surface area contributed by atoms with Crippen LogP contribution in [0.2, 0.25) is 0 Å². The van der Waals surface area contributed by atoms with Gasteiger partial charge in [-0.1, -0.05) is 6.08 Å². The molecule has 5 heteroatoms. The van der Waals surface area contributed by atoms with E-state index < -0.39 is 8.97 Å². The minimum atomic E-state index is -2.83. The van der Waals surface area contributed by atoms with Crippen LogP contribution in [0.3, 0.4) is 0 Å². The smallest absolute Gasteiger partial charge is 0.362 e. The van der Waals surface area contributed by atoms with Gasteiger partial charge in [0.05, 0.1) is 0 Å². The quantitative estimate of drug-likeness (QED) is 0.362. The van der Waals surface area contributed by atoms with Gasteiger partial charge in [0.1, 0.15) is 0 Å². The minimum absolute atomic E-state index is 0.518. The number of unbranched alkanes of at least 4 members (excludes halogenated alkanes) is 1. The summed E-state index contributed by atoms with van der Waals surface area (Å²) >= 11 is 0. The van der Waals surface area contributed by atoms with Gasteiger partial charge in [-0.3, -0.25) is 5.40 Å². The molecular formula is C9H21NO3Si. The first-order valence-corrected chi connectivity index (χ1v) is 6.80. The second-order valence-corrected chi connectivity index (χ2v) is 4.82. The van der Waals surface area contributed by atoms with E-state index in [1.807, 2.05) is 19.9 Å². The van der Waals surface area contributed by atoms with Gasteiger partial charge in [-0.05, 0) is 26.7 Å². The van der Waals surface area contributed by atoms with E-state index in [1.54, 1.807) is 0 Å². The van der Waals surface area contributed by atoms with E-state index >= 15 is 0 Å². The Balaban J connectivity index is 3.76. The molecule has 0 fully saturated rings. The van der Waals surface area contributed by atoms with Crippen molar-refractivity contribution >= 4 is 8.97 Å². The molecule has 2 N–H and O–H groups in total. The van der Waals surface area contributed by atoms with Gasteiger partial charge in [-0.15, -0.1) is 6.58 Å². The van der Waals surface area contributed by atoms with Gasteiger partial charge in [0.25, 0.3) is 0 Å². The van der Waals surface area contributed by atoms with E-state index in [0.29, 0.717) is 19.8 Å². The Bertz CT molecular complexity index is 149. The van der Waals surface area contributed by atoms with Crippen molar-refractivity contribution in [3.05, 3.63) is 12.7 Å². The molecule has 0 saturated heterocycles. The first kappa shape index (κ1) is 13.8. The fourth-order valence-corrected chi connectivity index (χ4v) is 2.45. The van der Waals surface area contributed by atoms with Crippen molar-refractivity contribution in [3.8, 4) is 0 Å². The van der Waals surface area contributed by atoms with E-state index in [0.717, 1.165) is 12.8 Å². The van der Waals surface area contributed by atoms with Crippen LogP contribution in [0.25, 0.3) is 0 Å². The number of rotatable bonds is 9. The molecule has 0 rings (SSSR count). The molecule has 0 aliphatic heterocycles. The second kappa shape index (κ2) is 8.13. The minimum Gasteiger partial charge on any atom is -0.362 e. The number of nitrogens with two attached hydrogens (primary N) is 1. The van der Waals surface area contributed by atoms with Crippen molar-refractivity contribution in [2.75, 3.05) is 19.8 Å². The molecule has 14 heavy (non-hydrogen) atoms. The SMILES string of the molecule is C=CCCCO[Si](N)(OCC)OCC. The van der Waals surface area contributed by atoms with Crippen LogP contribution in [0.5, 0.6) is 0 Å². The Morgan fingerprint density at radius 2 is 1.79 bits per heavy atom. The molecule has 0 spiro atoms. The molecule has 0 aromatic carbocycles. The van der Waals surface area contributed by atoms with Gasteiger partial charge < -0.3 is 13.3 Å².